The van der Waals surface area contributed by atoms with Crippen molar-refractivity contribution in [3.63, 3.8) is 0 Å². The van der Waals surface area contributed by atoms with E-state index in [0.717, 1.165) is 47.5 Å². The summed E-state index contributed by atoms with van der Waals surface area (Å²) in [5.41, 5.74) is 3.80. The summed E-state index contributed by atoms with van der Waals surface area (Å²) in [6.07, 6.45) is 14.0. The first-order valence-corrected chi connectivity index (χ1v) is 15.3. The molecular weight excluding hydrogens is 476 g/mol. The van der Waals surface area contributed by atoms with E-state index in [4.69, 9.17) is 0 Å². The zero-order chi connectivity index (χ0) is 26.0. The minimum atomic E-state index is -0.00962. The third-order valence-corrected chi connectivity index (χ3v) is 8.33. The molecule has 3 heterocycles. The molecule has 2 aliphatic rings. The van der Waals surface area contributed by atoms with Gasteiger partial charge in [-0.2, -0.15) is 0 Å². The second kappa shape index (κ2) is 13.8. The predicted molar refractivity (Wildman–Crippen MR) is 155 cm³/mol. The molecule has 0 radical (unpaired) electrons. The van der Waals surface area contributed by atoms with Crippen LogP contribution in [0.1, 0.15) is 101 Å². The molecule has 0 atom stereocenters. The molecule has 4 rings (SSSR count). The molecule has 0 saturated carbocycles. The summed E-state index contributed by atoms with van der Waals surface area (Å²) >= 11 is 1.61. The van der Waals surface area contributed by atoms with Crippen LogP contribution in [0, 0.1) is 0 Å². The van der Waals surface area contributed by atoms with E-state index in [1.807, 2.05) is 57.6 Å². The zero-order valence-electron chi connectivity index (χ0n) is 22.6. The molecule has 198 valence electrons. The van der Waals surface area contributed by atoms with Gasteiger partial charge in [-0.3, -0.25) is 9.59 Å². The number of thiophene rings is 1. The Bertz CT molecular complexity index is 1100. The minimum Gasteiger partial charge on any atom is -0.307 e. The van der Waals surface area contributed by atoms with E-state index >= 15 is 0 Å². The molecule has 2 amide bonds. The summed E-state index contributed by atoms with van der Waals surface area (Å²) in [6, 6.07) is 14.1. The fourth-order valence-electron chi connectivity index (χ4n) is 5.49. The van der Waals surface area contributed by atoms with Crippen molar-refractivity contribution < 1.29 is 9.59 Å². The Hall–Kier alpha value is -2.66. The molecule has 0 N–H and O–H groups in total. The Morgan fingerprint density at radius 1 is 0.595 bits per heavy atom. The number of fused-ring (bicyclic) bond motifs is 1. The van der Waals surface area contributed by atoms with Crippen LogP contribution < -0.4 is 0 Å². The van der Waals surface area contributed by atoms with E-state index in [9.17, 15) is 9.59 Å². The number of nitrogens with zero attached hydrogens (tertiary/aromatic N) is 2. The van der Waals surface area contributed by atoms with Crippen molar-refractivity contribution in [1.29, 1.82) is 0 Å². The first-order valence-electron chi connectivity index (χ1n) is 14.4. The minimum absolute atomic E-state index is 0.00962. The molecule has 0 saturated heterocycles. The van der Waals surface area contributed by atoms with Crippen molar-refractivity contribution in [3.05, 3.63) is 69.4 Å². The monoisotopic (exact) mass is 518 g/mol. The SMILES string of the molecule is CCCCCCCCN1C(=O)C2=C(c3cccs3)N(CCCCCCCC)C(=O)C2=C1c1ccccc1. The smallest absolute Gasteiger partial charge is 0.261 e. The van der Waals surface area contributed by atoms with Crippen LogP contribution in [0.15, 0.2) is 59.0 Å². The van der Waals surface area contributed by atoms with Crippen LogP contribution in [0.3, 0.4) is 0 Å². The van der Waals surface area contributed by atoms with Gasteiger partial charge in [0, 0.05) is 13.1 Å². The van der Waals surface area contributed by atoms with Gasteiger partial charge in [0.2, 0.25) is 0 Å². The van der Waals surface area contributed by atoms with Gasteiger partial charge < -0.3 is 9.80 Å². The van der Waals surface area contributed by atoms with Gasteiger partial charge in [-0.05, 0) is 29.9 Å². The fourth-order valence-corrected chi connectivity index (χ4v) is 6.27. The van der Waals surface area contributed by atoms with Gasteiger partial charge in [-0.1, -0.05) is 114 Å². The lowest BCUT2D eigenvalue weighted by molar-refractivity contribution is -0.124. The molecule has 0 aliphatic carbocycles. The van der Waals surface area contributed by atoms with Crippen molar-refractivity contribution in [2.24, 2.45) is 0 Å². The number of unbranched alkanes of at least 4 members (excludes halogenated alkanes) is 10. The van der Waals surface area contributed by atoms with Crippen molar-refractivity contribution in [2.75, 3.05) is 13.1 Å². The average Bonchev–Trinajstić information content (AvgIpc) is 3.61. The molecule has 0 fully saturated rings. The molecule has 0 bridgehead atoms. The topological polar surface area (TPSA) is 40.6 Å². The highest BCUT2D eigenvalue weighted by Crippen LogP contribution is 2.47. The van der Waals surface area contributed by atoms with Crippen LogP contribution in [0.2, 0.25) is 0 Å². The third-order valence-electron chi connectivity index (χ3n) is 7.45. The highest BCUT2D eigenvalue weighted by Gasteiger charge is 2.48. The Balaban J connectivity index is 1.64. The largest absolute Gasteiger partial charge is 0.307 e. The van der Waals surface area contributed by atoms with E-state index in [1.54, 1.807) is 11.3 Å². The van der Waals surface area contributed by atoms with Crippen molar-refractivity contribution in [1.82, 2.24) is 9.80 Å². The van der Waals surface area contributed by atoms with Gasteiger partial charge in [0.1, 0.15) is 0 Å². The summed E-state index contributed by atoms with van der Waals surface area (Å²) in [5.74, 6) is -0.0192. The first kappa shape index (κ1) is 27.4. The lowest BCUT2D eigenvalue weighted by Crippen LogP contribution is -2.31. The Kier molecular flexibility index (Phi) is 10.2. The molecular formula is C32H42N2O2S. The lowest BCUT2D eigenvalue weighted by Gasteiger charge is -2.25. The second-order valence-electron chi connectivity index (χ2n) is 10.2. The first-order chi connectivity index (χ1) is 18.2. The van der Waals surface area contributed by atoms with Crippen LogP contribution in [-0.4, -0.2) is 34.7 Å². The van der Waals surface area contributed by atoms with Crippen LogP contribution in [0.4, 0.5) is 0 Å². The van der Waals surface area contributed by atoms with Crippen LogP contribution in [-0.2, 0) is 9.59 Å². The summed E-state index contributed by atoms with van der Waals surface area (Å²) in [5, 5.41) is 2.03. The van der Waals surface area contributed by atoms with Crippen LogP contribution >= 0.6 is 11.3 Å². The summed E-state index contributed by atoms with van der Waals surface area (Å²) in [7, 11) is 0. The molecule has 1 aromatic heterocycles. The van der Waals surface area contributed by atoms with Gasteiger partial charge in [0.15, 0.2) is 0 Å². The van der Waals surface area contributed by atoms with E-state index in [1.165, 1.54) is 51.4 Å². The number of hydrogen-bond donors (Lipinski definition) is 0. The molecule has 0 unspecified atom stereocenters. The van der Waals surface area contributed by atoms with Gasteiger partial charge in [0.05, 0.1) is 27.4 Å². The normalized spacial score (nSPS) is 15.5. The summed E-state index contributed by atoms with van der Waals surface area (Å²) in [4.78, 5) is 32.9. The van der Waals surface area contributed by atoms with E-state index < -0.39 is 0 Å². The van der Waals surface area contributed by atoms with Crippen molar-refractivity contribution in [2.45, 2.75) is 90.9 Å². The molecule has 4 nitrogen and oxygen atoms in total. The predicted octanol–water partition coefficient (Wildman–Crippen LogP) is 8.28. The summed E-state index contributed by atoms with van der Waals surface area (Å²) < 4.78 is 0. The molecule has 2 aromatic rings. The number of rotatable bonds is 16. The molecule has 0 spiro atoms. The highest BCUT2D eigenvalue weighted by molar-refractivity contribution is 7.11. The number of carbonyl (C=O) groups excluding carboxylic acids is 2. The number of carbonyl (C=O) groups is 2. The number of hydrogen-bond acceptors (Lipinski definition) is 3. The maximum Gasteiger partial charge on any atom is 0.261 e. The Morgan fingerprint density at radius 2 is 1.11 bits per heavy atom. The van der Waals surface area contributed by atoms with E-state index in [2.05, 4.69) is 13.8 Å². The van der Waals surface area contributed by atoms with Gasteiger partial charge in [-0.15, -0.1) is 11.3 Å². The highest BCUT2D eigenvalue weighted by atomic mass is 32.1. The zero-order valence-corrected chi connectivity index (χ0v) is 23.5. The molecule has 2 aliphatic heterocycles. The molecule has 5 heteroatoms. The second-order valence-corrected chi connectivity index (χ2v) is 11.2. The Morgan fingerprint density at radius 3 is 1.65 bits per heavy atom. The standard InChI is InChI=1S/C32H42N2O2S/c1-3-5-7-9-11-16-22-33-29(25-19-14-13-15-20-25)27-28(32(33)36)30(26-21-18-24-37-26)34(31(27)35)23-17-12-10-8-6-4-2/h13-15,18-21,24H,3-12,16-17,22-23H2,1-2H3. The van der Waals surface area contributed by atoms with E-state index in [0.29, 0.717) is 24.2 Å². The average molecular weight is 519 g/mol. The number of benzene rings is 1. The van der Waals surface area contributed by atoms with Gasteiger partial charge in [0.25, 0.3) is 11.8 Å². The lowest BCUT2D eigenvalue weighted by atomic mass is 10.0. The van der Waals surface area contributed by atoms with Crippen molar-refractivity contribution >= 4 is 34.5 Å². The van der Waals surface area contributed by atoms with E-state index in [-0.39, 0.29) is 11.8 Å². The molecule has 1 aromatic carbocycles. The van der Waals surface area contributed by atoms with Crippen LogP contribution in [0.5, 0.6) is 0 Å². The summed E-state index contributed by atoms with van der Waals surface area (Å²) in [6.45, 7) is 5.78. The van der Waals surface area contributed by atoms with Crippen LogP contribution in [0.25, 0.3) is 11.4 Å². The Labute approximate surface area is 227 Å². The molecule has 37 heavy (non-hydrogen) atoms. The van der Waals surface area contributed by atoms with Crippen molar-refractivity contribution in [3.8, 4) is 0 Å². The third kappa shape index (κ3) is 6.26. The quantitative estimate of drug-likeness (QED) is 0.210. The number of amides is 2. The maximum absolute atomic E-state index is 14.0. The van der Waals surface area contributed by atoms with Gasteiger partial charge in [-0.25, -0.2) is 0 Å². The van der Waals surface area contributed by atoms with Gasteiger partial charge >= 0.3 is 0 Å². The maximum atomic E-state index is 14.0. The fraction of sp³-hybridized carbons (Fsp3) is 0.500.